The molecule has 3 aromatic rings. The van der Waals surface area contributed by atoms with E-state index in [2.05, 4.69) is 10.3 Å². The molecule has 2 aliphatic heterocycles. The molecule has 1 saturated heterocycles. The summed E-state index contributed by atoms with van der Waals surface area (Å²) in [6, 6.07) is 5.87. The molecule has 1 amide bonds. The van der Waals surface area contributed by atoms with Crippen LogP contribution in [-0.2, 0) is 28.5 Å². The molecule has 1 fully saturated rings. The van der Waals surface area contributed by atoms with E-state index in [1.165, 1.54) is 46.3 Å². The summed E-state index contributed by atoms with van der Waals surface area (Å²) in [6.07, 6.45) is 1.67. The summed E-state index contributed by atoms with van der Waals surface area (Å²) in [6.45, 7) is 4.94. The number of aromatic nitrogens is 2. The average Bonchev–Trinajstić information content (AvgIpc) is 3.85. The van der Waals surface area contributed by atoms with Crippen molar-refractivity contribution >= 4 is 18.0 Å². The van der Waals surface area contributed by atoms with Gasteiger partial charge in [-0.25, -0.2) is 14.4 Å². The molecule has 3 heterocycles. The van der Waals surface area contributed by atoms with Crippen molar-refractivity contribution in [1.82, 2.24) is 14.9 Å². The molecule has 3 aliphatic rings. The Kier molecular flexibility index (Phi) is 12.2. The quantitative estimate of drug-likeness (QED) is 0.136. The van der Waals surface area contributed by atoms with Gasteiger partial charge in [-0.1, -0.05) is 26.3 Å². The molecule has 8 atom stereocenters. The number of benzene rings is 2. The number of alkyl carbamates (subject to hydrolysis) is 1. The number of cyclic esters (lactones) is 1. The van der Waals surface area contributed by atoms with E-state index in [4.69, 9.17) is 42.6 Å². The van der Waals surface area contributed by atoms with Gasteiger partial charge in [0.05, 0.1) is 48.1 Å². The smallest absolute Gasteiger partial charge is 0.407 e. The lowest BCUT2D eigenvalue weighted by Crippen LogP contribution is -2.48. The lowest BCUT2D eigenvalue weighted by atomic mass is 9.66. The number of nitrogens with zero attached hydrogens (tertiary/aromatic N) is 1. The highest BCUT2D eigenvalue weighted by atomic mass is 16.6. The molecule has 2 aromatic carbocycles. The van der Waals surface area contributed by atoms with E-state index in [1.54, 1.807) is 50.3 Å². The summed E-state index contributed by atoms with van der Waals surface area (Å²) in [7, 11) is 7.48. The third-order valence-electron chi connectivity index (χ3n) is 10.8. The molecule has 17 heteroatoms. The Bertz CT molecular complexity index is 2140. The number of rotatable bonds is 14. The zero-order chi connectivity index (χ0) is 41.1. The molecule has 0 spiro atoms. The molecule has 0 saturated carbocycles. The maximum atomic E-state index is 14.2. The largest absolute Gasteiger partial charge is 0.493 e. The minimum Gasteiger partial charge on any atom is -0.493 e. The number of aromatic amines is 1. The number of ether oxygens (including phenoxy) is 9. The van der Waals surface area contributed by atoms with Gasteiger partial charge in [-0.3, -0.25) is 19.1 Å². The number of esters is 2. The van der Waals surface area contributed by atoms with E-state index in [0.29, 0.717) is 57.4 Å². The van der Waals surface area contributed by atoms with Gasteiger partial charge >= 0.3 is 23.7 Å². The van der Waals surface area contributed by atoms with Gasteiger partial charge in [-0.05, 0) is 54.3 Å². The van der Waals surface area contributed by atoms with Gasteiger partial charge in [0.25, 0.3) is 5.56 Å². The molecule has 306 valence electrons. The second-order valence-electron chi connectivity index (χ2n) is 14.0. The zero-order valence-corrected chi connectivity index (χ0v) is 32.9. The first-order valence-corrected chi connectivity index (χ1v) is 18.4. The molecule has 1 aliphatic carbocycles. The highest BCUT2D eigenvalue weighted by Gasteiger charge is 2.54. The number of hydrogen-bond acceptors (Lipinski definition) is 14. The van der Waals surface area contributed by atoms with Crippen LogP contribution < -0.4 is 40.3 Å². The molecule has 57 heavy (non-hydrogen) atoms. The lowest BCUT2D eigenvalue weighted by molar-refractivity contribution is -0.158. The number of fused-ring (bicyclic) bond motifs is 2. The normalized spacial score (nSPS) is 23.0. The van der Waals surface area contributed by atoms with E-state index in [0.717, 1.165) is 0 Å². The zero-order valence-electron chi connectivity index (χ0n) is 32.9. The van der Waals surface area contributed by atoms with Crippen LogP contribution in [0.25, 0.3) is 0 Å². The summed E-state index contributed by atoms with van der Waals surface area (Å²) in [5.41, 5.74) is 1.01. The van der Waals surface area contributed by atoms with Gasteiger partial charge in [0, 0.05) is 29.2 Å². The minimum absolute atomic E-state index is 0.0414. The molecule has 17 nitrogen and oxygen atoms in total. The van der Waals surface area contributed by atoms with Crippen molar-refractivity contribution in [1.29, 1.82) is 0 Å². The Morgan fingerprint density at radius 3 is 2.18 bits per heavy atom. The van der Waals surface area contributed by atoms with E-state index in [9.17, 15) is 24.0 Å². The van der Waals surface area contributed by atoms with Crippen LogP contribution in [0, 0.1) is 24.7 Å². The Morgan fingerprint density at radius 2 is 1.56 bits per heavy atom. The number of methoxy groups -OCH3 is 5. The fourth-order valence-corrected chi connectivity index (χ4v) is 7.59. The van der Waals surface area contributed by atoms with E-state index < -0.39 is 77.4 Å². The van der Waals surface area contributed by atoms with Crippen molar-refractivity contribution in [3.63, 3.8) is 0 Å². The number of carbonyl (C=O) groups is 3. The van der Waals surface area contributed by atoms with Gasteiger partial charge in [0.1, 0.15) is 24.9 Å². The Hall–Kier alpha value is -5.97. The standard InChI is InChI=1S/C40H47N3O14/c1-9-19(2)33(41-40(48)55-17-22-10-11-30(56-22)43-16-20(3)36(44)42-39(43)47)38(46)57-34-24-15-27(50-5)26(49-4)14-23(24)31(32-25(34)18-54-37(32)45)21-12-28(51-6)35(53-8)29(13-21)52-7/h10-16,19,22,25,30-34H,9,17-18H2,1-8H3,(H,41,48)(H,42,44,47)/t19?,22-,25-,30+,31+,32-,33-,34+/m0/s1. The number of hydrogen-bond donors (Lipinski definition) is 2. The third kappa shape index (κ3) is 7.88. The van der Waals surface area contributed by atoms with Crippen LogP contribution in [0.4, 0.5) is 4.79 Å². The summed E-state index contributed by atoms with van der Waals surface area (Å²) in [4.78, 5) is 67.5. The first-order valence-electron chi connectivity index (χ1n) is 18.4. The maximum absolute atomic E-state index is 14.2. The first-order chi connectivity index (χ1) is 27.4. The molecule has 0 radical (unpaired) electrons. The van der Waals surface area contributed by atoms with E-state index >= 15 is 0 Å². The highest BCUT2D eigenvalue weighted by molar-refractivity contribution is 5.83. The number of aryl methyl sites for hydroxylation is 1. The van der Waals surface area contributed by atoms with Crippen molar-refractivity contribution in [2.24, 2.45) is 17.8 Å². The lowest BCUT2D eigenvalue weighted by Gasteiger charge is -2.39. The van der Waals surface area contributed by atoms with Crippen LogP contribution in [0.1, 0.15) is 60.8 Å². The molecule has 1 aromatic heterocycles. The van der Waals surface area contributed by atoms with Crippen molar-refractivity contribution in [3.8, 4) is 28.7 Å². The maximum Gasteiger partial charge on any atom is 0.407 e. The number of H-pyrrole nitrogens is 1. The Morgan fingerprint density at radius 1 is 0.912 bits per heavy atom. The SMILES string of the molecule is CCC(C)[C@H](NC(=O)OC[C@@H]1C=C[C@H](n2cc(C)c(=O)[nH]c2=O)O1)C(=O)O[C@@H]1c2cc(OC)c(OC)cc2[C@@H](c2cc(OC)c(OC)c(OC)c2)[C@H]2C(=O)OC[C@@H]21. The van der Waals surface area contributed by atoms with Crippen molar-refractivity contribution in [3.05, 3.63) is 85.7 Å². The van der Waals surface area contributed by atoms with E-state index in [1.807, 2.05) is 6.92 Å². The van der Waals surface area contributed by atoms with Crippen LogP contribution in [0.15, 0.2) is 52.2 Å². The first kappa shape index (κ1) is 40.7. The fourth-order valence-electron chi connectivity index (χ4n) is 7.59. The van der Waals surface area contributed by atoms with Crippen molar-refractivity contribution in [2.75, 3.05) is 48.8 Å². The number of carbonyl (C=O) groups excluding carboxylic acids is 3. The minimum atomic E-state index is -1.15. The highest BCUT2D eigenvalue weighted by Crippen LogP contribution is 2.56. The van der Waals surface area contributed by atoms with Crippen LogP contribution in [0.3, 0.4) is 0 Å². The fraction of sp³-hybridized carbons (Fsp3) is 0.475. The van der Waals surface area contributed by atoms with Crippen LogP contribution in [-0.4, -0.2) is 88.5 Å². The van der Waals surface area contributed by atoms with Crippen molar-refractivity contribution in [2.45, 2.75) is 57.6 Å². The summed E-state index contributed by atoms with van der Waals surface area (Å²) < 4.78 is 52.7. The van der Waals surface area contributed by atoms with Gasteiger partial charge in [0.2, 0.25) is 5.75 Å². The third-order valence-corrected chi connectivity index (χ3v) is 10.8. The predicted molar refractivity (Wildman–Crippen MR) is 201 cm³/mol. The molecule has 0 bridgehead atoms. The van der Waals surface area contributed by atoms with Gasteiger partial charge in [-0.15, -0.1) is 0 Å². The second-order valence-corrected chi connectivity index (χ2v) is 14.0. The predicted octanol–water partition coefficient (Wildman–Crippen LogP) is 3.70. The molecule has 1 unspecified atom stereocenters. The Balaban J connectivity index is 1.26. The number of nitrogens with one attached hydrogen (secondary N) is 2. The van der Waals surface area contributed by atoms with Gasteiger partial charge < -0.3 is 47.9 Å². The molecule has 6 rings (SSSR count). The van der Waals surface area contributed by atoms with Crippen LogP contribution in [0.2, 0.25) is 0 Å². The van der Waals surface area contributed by atoms with E-state index in [-0.39, 0.29) is 13.2 Å². The van der Waals surface area contributed by atoms with Crippen LogP contribution >= 0.6 is 0 Å². The topological polar surface area (TPSA) is 201 Å². The van der Waals surface area contributed by atoms with Crippen molar-refractivity contribution < 1.29 is 57.0 Å². The summed E-state index contributed by atoms with van der Waals surface area (Å²) in [5, 5.41) is 2.66. The molecular formula is C40H47N3O14. The monoisotopic (exact) mass is 793 g/mol. The van der Waals surface area contributed by atoms with Crippen LogP contribution in [0.5, 0.6) is 28.7 Å². The summed E-state index contributed by atoms with van der Waals surface area (Å²) >= 11 is 0. The second kappa shape index (κ2) is 17.0. The number of amides is 1. The summed E-state index contributed by atoms with van der Waals surface area (Å²) in [5.74, 6) is -1.80. The molecular weight excluding hydrogens is 746 g/mol. The van der Waals surface area contributed by atoms with Gasteiger partial charge in [-0.2, -0.15) is 0 Å². The Labute approximate surface area is 328 Å². The average molecular weight is 794 g/mol. The van der Waals surface area contributed by atoms with Gasteiger partial charge in [0.15, 0.2) is 29.2 Å². The molecule has 2 N–H and O–H groups in total.